The molecule has 0 radical (unpaired) electrons. The van der Waals surface area contributed by atoms with E-state index in [1.807, 2.05) is 0 Å². The molecule has 2 atom stereocenters. The van der Waals surface area contributed by atoms with Gasteiger partial charge in [0.15, 0.2) is 0 Å². The van der Waals surface area contributed by atoms with Crippen LogP contribution in [0.2, 0.25) is 0 Å². The second-order valence-electron chi connectivity index (χ2n) is 5.15. The van der Waals surface area contributed by atoms with E-state index < -0.39 is 34.0 Å². The monoisotopic (exact) mass is 244 g/mol. The third-order valence-electron chi connectivity index (χ3n) is 3.33. The van der Waals surface area contributed by atoms with Crippen molar-refractivity contribution in [3.8, 4) is 0 Å². The predicted molar refractivity (Wildman–Crippen MR) is 58.1 cm³/mol. The first kappa shape index (κ1) is 13.6. The minimum Gasteiger partial charge on any atom is -0.465 e. The molecule has 0 aromatic heterocycles. The number of carboxylic acid groups (broad SMARTS) is 1. The Labute approximate surface area is 99.7 Å². The summed E-state index contributed by atoms with van der Waals surface area (Å²) in [4.78, 5) is 35.2. The molecule has 6 nitrogen and oxygen atoms in total. The quantitative estimate of drug-likeness (QED) is 0.552. The zero-order chi connectivity index (χ0) is 13.4. The molecule has 0 spiro atoms. The number of quaternary nitrogens is 1. The van der Waals surface area contributed by atoms with Crippen LogP contribution >= 0.6 is 0 Å². The summed E-state index contributed by atoms with van der Waals surface area (Å²) in [5.74, 6) is -1.09. The number of hydrogen-bond acceptors (Lipinski definition) is 4. The Hall–Kier alpha value is -1.43. The Morgan fingerprint density at radius 1 is 1.41 bits per heavy atom. The summed E-state index contributed by atoms with van der Waals surface area (Å²) in [6, 6.07) is -0.954. The second kappa shape index (κ2) is 4.10. The number of carbonyl (C=O) groups excluding carboxylic acids is 2. The third-order valence-corrected chi connectivity index (χ3v) is 3.33. The van der Waals surface area contributed by atoms with Gasteiger partial charge in [0.2, 0.25) is 6.04 Å². The highest BCUT2D eigenvalue weighted by Crippen LogP contribution is 2.38. The fourth-order valence-corrected chi connectivity index (χ4v) is 2.58. The first-order valence-corrected chi connectivity index (χ1v) is 5.43. The molecule has 1 N–H and O–H groups in total. The van der Waals surface area contributed by atoms with Crippen molar-refractivity contribution in [2.75, 3.05) is 7.11 Å². The lowest BCUT2D eigenvalue weighted by Crippen LogP contribution is -2.69. The number of amides is 2. The molecule has 1 fully saturated rings. The highest BCUT2D eigenvalue weighted by molar-refractivity contribution is 5.89. The van der Waals surface area contributed by atoms with Crippen molar-refractivity contribution in [3.05, 3.63) is 0 Å². The maximum absolute atomic E-state index is 12.0. The molecular formula is C11H18NO5+. The Morgan fingerprint density at radius 2 is 1.94 bits per heavy atom. The summed E-state index contributed by atoms with van der Waals surface area (Å²) < 4.78 is 3.74. The summed E-state index contributed by atoms with van der Waals surface area (Å²) in [6.45, 7) is 4.92. The average Bonchev–Trinajstić information content (AvgIpc) is 2.54. The van der Waals surface area contributed by atoms with Crippen molar-refractivity contribution in [2.24, 2.45) is 0 Å². The van der Waals surface area contributed by atoms with Crippen LogP contribution in [0.1, 0.15) is 33.6 Å². The number of ether oxygens (including phenoxy) is 1. The third kappa shape index (κ3) is 1.72. The molecule has 1 saturated heterocycles. The van der Waals surface area contributed by atoms with Gasteiger partial charge in [0.1, 0.15) is 5.54 Å². The van der Waals surface area contributed by atoms with E-state index in [1.165, 1.54) is 7.11 Å². The minimum absolute atomic E-state index is 0.0866. The van der Waals surface area contributed by atoms with Crippen molar-refractivity contribution in [1.29, 1.82) is 0 Å². The number of imide groups is 1. The van der Waals surface area contributed by atoms with Crippen molar-refractivity contribution >= 4 is 18.0 Å². The lowest BCUT2D eigenvalue weighted by atomic mass is 9.99. The summed E-state index contributed by atoms with van der Waals surface area (Å²) >= 11 is 0. The molecule has 1 heterocycles. The maximum Gasteiger partial charge on any atom is 0.522 e. The highest BCUT2D eigenvalue weighted by Gasteiger charge is 2.65. The Kier molecular flexibility index (Phi) is 3.29. The summed E-state index contributed by atoms with van der Waals surface area (Å²) in [5.41, 5.74) is -0.891. The number of esters is 1. The molecule has 96 valence electrons. The molecule has 0 aromatic carbocycles. The highest BCUT2D eigenvalue weighted by atomic mass is 16.5. The molecule has 17 heavy (non-hydrogen) atoms. The Balaban J connectivity index is 3.39. The van der Waals surface area contributed by atoms with Gasteiger partial charge in [-0.3, -0.25) is 0 Å². The molecule has 1 rings (SSSR count). The molecule has 1 aliphatic rings. The van der Waals surface area contributed by atoms with Crippen LogP contribution in [-0.2, 0) is 14.3 Å². The van der Waals surface area contributed by atoms with Crippen LogP contribution < -0.4 is 0 Å². The number of hydrogen-bond donors (Lipinski definition) is 1. The van der Waals surface area contributed by atoms with Gasteiger partial charge in [-0.1, -0.05) is 0 Å². The number of nitrogens with zero attached hydrogens (tertiary/aromatic N) is 1. The van der Waals surface area contributed by atoms with E-state index in [0.717, 1.165) is 0 Å². The molecule has 1 unspecified atom stereocenters. The van der Waals surface area contributed by atoms with E-state index in [2.05, 4.69) is 4.74 Å². The number of carbonyl (C=O) groups is 3. The second-order valence-corrected chi connectivity index (χ2v) is 5.15. The van der Waals surface area contributed by atoms with Crippen molar-refractivity contribution < 1.29 is 28.7 Å². The van der Waals surface area contributed by atoms with Crippen LogP contribution in [0.3, 0.4) is 0 Å². The first-order valence-electron chi connectivity index (χ1n) is 5.43. The van der Waals surface area contributed by atoms with Gasteiger partial charge in [-0.05, 0) is 20.8 Å². The van der Waals surface area contributed by atoms with Crippen LogP contribution in [0, 0.1) is 0 Å². The standard InChI is InChI=1S/C11H17NO5/c1-11(2,3)12(10(15)16)7(9(14)17-4)5-6-8(12)13/h7H,5-6H2,1-4H3/p+1/t7-,12?/m0/s1. The van der Waals surface area contributed by atoms with Crippen LogP contribution in [0.4, 0.5) is 4.79 Å². The van der Waals surface area contributed by atoms with E-state index in [1.54, 1.807) is 20.8 Å². The van der Waals surface area contributed by atoms with E-state index in [0.29, 0.717) is 0 Å². The molecule has 1 aliphatic heterocycles. The smallest absolute Gasteiger partial charge is 0.465 e. The van der Waals surface area contributed by atoms with Gasteiger partial charge < -0.3 is 9.84 Å². The molecule has 0 aromatic rings. The van der Waals surface area contributed by atoms with Crippen LogP contribution in [0.5, 0.6) is 0 Å². The molecule has 2 amide bonds. The van der Waals surface area contributed by atoms with Gasteiger partial charge in [-0.2, -0.15) is 4.79 Å². The zero-order valence-corrected chi connectivity index (χ0v) is 10.5. The normalized spacial score (nSPS) is 29.2. The topological polar surface area (TPSA) is 80.7 Å². The number of methoxy groups -OCH3 is 1. The van der Waals surface area contributed by atoms with Crippen molar-refractivity contribution in [3.63, 3.8) is 0 Å². The van der Waals surface area contributed by atoms with Gasteiger partial charge in [0.25, 0.3) is 0 Å². The van der Waals surface area contributed by atoms with Crippen molar-refractivity contribution in [1.82, 2.24) is 0 Å². The molecule has 0 bridgehead atoms. The Morgan fingerprint density at radius 3 is 2.29 bits per heavy atom. The van der Waals surface area contributed by atoms with E-state index in [9.17, 15) is 19.5 Å². The SMILES string of the molecule is COC(=O)[C@@H]1CCC(=O)[N+]1(C(=O)O)C(C)(C)C. The van der Waals surface area contributed by atoms with Crippen LogP contribution in [0.15, 0.2) is 0 Å². The molecular weight excluding hydrogens is 226 g/mol. The zero-order valence-electron chi connectivity index (χ0n) is 10.5. The lowest BCUT2D eigenvalue weighted by molar-refractivity contribution is -0.839. The number of likely N-dealkylation sites (tertiary alicyclic amines) is 1. The first-order chi connectivity index (χ1) is 7.69. The molecule has 0 aliphatic carbocycles. The molecule has 0 saturated carbocycles. The fourth-order valence-electron chi connectivity index (χ4n) is 2.58. The van der Waals surface area contributed by atoms with E-state index in [4.69, 9.17) is 0 Å². The predicted octanol–water partition coefficient (Wildman–Crippen LogP) is 1.14. The maximum atomic E-state index is 12.0. The number of rotatable bonds is 1. The van der Waals surface area contributed by atoms with Crippen LogP contribution in [-0.4, -0.2) is 46.2 Å². The van der Waals surface area contributed by atoms with Gasteiger partial charge in [-0.25, -0.2) is 9.59 Å². The molecule has 6 heteroatoms. The average molecular weight is 244 g/mol. The fraction of sp³-hybridized carbons (Fsp3) is 0.727. The lowest BCUT2D eigenvalue weighted by Gasteiger charge is -2.40. The minimum atomic E-state index is -1.30. The van der Waals surface area contributed by atoms with Gasteiger partial charge in [-0.15, -0.1) is 4.48 Å². The van der Waals surface area contributed by atoms with E-state index >= 15 is 0 Å². The van der Waals surface area contributed by atoms with Gasteiger partial charge in [0, 0.05) is 6.42 Å². The summed E-state index contributed by atoms with van der Waals surface area (Å²) in [6.07, 6.45) is -0.992. The van der Waals surface area contributed by atoms with Crippen LogP contribution in [0.25, 0.3) is 0 Å². The summed E-state index contributed by atoms with van der Waals surface area (Å²) in [7, 11) is 1.20. The van der Waals surface area contributed by atoms with Gasteiger partial charge >= 0.3 is 18.0 Å². The summed E-state index contributed by atoms with van der Waals surface area (Å²) in [5, 5.41) is 9.43. The van der Waals surface area contributed by atoms with Crippen molar-refractivity contribution in [2.45, 2.75) is 45.2 Å². The largest absolute Gasteiger partial charge is 0.522 e. The van der Waals surface area contributed by atoms with Gasteiger partial charge in [0.05, 0.1) is 13.5 Å². The Bertz CT molecular complexity index is 371. The van der Waals surface area contributed by atoms with E-state index in [-0.39, 0.29) is 12.8 Å².